The lowest BCUT2D eigenvalue weighted by atomic mass is 9.93. The Morgan fingerprint density at radius 2 is 1.28 bits per heavy atom. The standard InChI is InChI=1S/C43H54N6O8/c1-26(2)36(41(53)47-35-23-32(50)21-28(5)45-35)48-42(54)38(44-24-30-17-19-33(56-6)20-18-30)39(51)34(22-29-13-9-7-10-14-29)46-40(52)37(27(3)4)49-43(55)57-25-31-15-11-8-12-16-31/h7-21,23,26-27,34,36-39,44,51H,22,24-25H2,1-6H3,(H,46,52)(H,48,54)(H,49,55)(H2,45,47,50,53)/t34-,36-,37-,38+,39+/m0/s1. The van der Waals surface area contributed by atoms with Crippen LogP contribution in [0.1, 0.15) is 50.1 Å². The van der Waals surface area contributed by atoms with E-state index < -0.39 is 60.0 Å². The van der Waals surface area contributed by atoms with Crippen molar-refractivity contribution in [3.63, 3.8) is 0 Å². The predicted molar refractivity (Wildman–Crippen MR) is 217 cm³/mol. The average molecular weight is 783 g/mol. The number of anilines is 1. The van der Waals surface area contributed by atoms with E-state index in [2.05, 4.69) is 31.6 Å². The van der Waals surface area contributed by atoms with E-state index in [0.29, 0.717) is 11.4 Å². The minimum absolute atomic E-state index is 0.00340. The van der Waals surface area contributed by atoms with Crippen molar-refractivity contribution in [3.05, 3.63) is 130 Å². The van der Waals surface area contributed by atoms with Gasteiger partial charge in [0.25, 0.3) is 0 Å². The monoisotopic (exact) mass is 782 g/mol. The molecule has 4 aromatic rings. The molecule has 0 unspecified atom stereocenters. The third-order valence-corrected chi connectivity index (χ3v) is 9.26. The molecule has 0 saturated carbocycles. The van der Waals surface area contributed by atoms with Crippen LogP contribution in [0.25, 0.3) is 0 Å². The van der Waals surface area contributed by atoms with Gasteiger partial charge < -0.3 is 40.8 Å². The summed E-state index contributed by atoms with van der Waals surface area (Å²) in [5.41, 5.74) is 2.54. The van der Waals surface area contributed by atoms with Crippen LogP contribution in [0.5, 0.6) is 5.75 Å². The minimum atomic E-state index is -1.56. The second-order valence-electron chi connectivity index (χ2n) is 14.6. The largest absolute Gasteiger partial charge is 0.497 e. The van der Waals surface area contributed by atoms with Crippen molar-refractivity contribution in [2.24, 2.45) is 11.8 Å². The summed E-state index contributed by atoms with van der Waals surface area (Å²) in [5, 5.41) is 26.4. The number of hydrogen-bond donors (Lipinski definition) is 7. The predicted octanol–water partition coefficient (Wildman–Crippen LogP) is 3.97. The molecule has 3 aromatic carbocycles. The molecule has 4 rings (SSSR count). The molecule has 1 aromatic heterocycles. The Hall–Kier alpha value is -5.99. The van der Waals surface area contributed by atoms with E-state index >= 15 is 0 Å². The molecular formula is C43H54N6O8. The number of methoxy groups -OCH3 is 1. The number of hydrogen-bond acceptors (Lipinski definition) is 9. The van der Waals surface area contributed by atoms with E-state index in [-0.39, 0.29) is 36.7 Å². The van der Waals surface area contributed by atoms with E-state index in [9.17, 15) is 29.1 Å². The molecule has 0 spiro atoms. The number of alkyl carbamates (subject to hydrolysis) is 1. The van der Waals surface area contributed by atoms with Gasteiger partial charge >= 0.3 is 6.09 Å². The first-order chi connectivity index (χ1) is 27.2. The van der Waals surface area contributed by atoms with Gasteiger partial charge in [-0.2, -0.15) is 0 Å². The van der Waals surface area contributed by atoms with Crippen LogP contribution in [0.4, 0.5) is 10.6 Å². The van der Waals surface area contributed by atoms with E-state index in [1.165, 1.54) is 12.1 Å². The maximum Gasteiger partial charge on any atom is 0.408 e. The molecule has 1 heterocycles. The summed E-state index contributed by atoms with van der Waals surface area (Å²) in [6.45, 7) is 8.84. The van der Waals surface area contributed by atoms with Gasteiger partial charge in [0, 0.05) is 24.4 Å². The summed E-state index contributed by atoms with van der Waals surface area (Å²) in [6.07, 6.45) is -2.24. The first-order valence-electron chi connectivity index (χ1n) is 18.9. The van der Waals surface area contributed by atoms with Crippen LogP contribution < -0.4 is 36.7 Å². The maximum absolute atomic E-state index is 14.3. The fourth-order valence-corrected chi connectivity index (χ4v) is 6.13. The zero-order valence-corrected chi connectivity index (χ0v) is 33.2. The van der Waals surface area contributed by atoms with Crippen LogP contribution >= 0.6 is 0 Å². The van der Waals surface area contributed by atoms with Gasteiger partial charge in [0.05, 0.1) is 19.3 Å². The fraction of sp³-hybridized carbons (Fsp3) is 0.372. The number of aliphatic hydroxyl groups is 1. The van der Waals surface area contributed by atoms with Gasteiger partial charge in [0.2, 0.25) is 17.7 Å². The number of ether oxygens (including phenoxy) is 2. The Labute approximate surface area is 333 Å². The number of benzene rings is 3. The van der Waals surface area contributed by atoms with Crippen LogP contribution in [0.3, 0.4) is 0 Å². The van der Waals surface area contributed by atoms with Gasteiger partial charge in [0.1, 0.15) is 36.3 Å². The summed E-state index contributed by atoms with van der Waals surface area (Å²) in [4.78, 5) is 69.8. The topological polar surface area (TPSA) is 200 Å². The van der Waals surface area contributed by atoms with E-state index in [1.54, 1.807) is 66.0 Å². The maximum atomic E-state index is 14.3. The third-order valence-electron chi connectivity index (χ3n) is 9.26. The number of amides is 4. The van der Waals surface area contributed by atoms with Crippen molar-refractivity contribution in [2.75, 3.05) is 12.4 Å². The van der Waals surface area contributed by atoms with Crippen molar-refractivity contribution in [3.8, 4) is 5.75 Å². The molecule has 5 atom stereocenters. The van der Waals surface area contributed by atoms with Gasteiger partial charge in [-0.05, 0) is 54.0 Å². The zero-order valence-electron chi connectivity index (χ0n) is 33.2. The number of carbonyl (C=O) groups is 4. The molecule has 0 aliphatic rings. The Kier molecular flexibility index (Phi) is 16.4. The summed E-state index contributed by atoms with van der Waals surface area (Å²) in [7, 11) is 1.55. The van der Waals surface area contributed by atoms with Crippen LogP contribution in [0.15, 0.2) is 102 Å². The lowest BCUT2D eigenvalue weighted by Gasteiger charge is -2.33. The quantitative estimate of drug-likeness (QED) is 0.0736. The SMILES string of the molecule is COc1ccc(CN[C@@H](C(=O)N[C@H](C(=O)Nc2cc(=O)cc(C)[nH]2)C(C)C)[C@H](O)[C@H](Cc2ccccc2)NC(=O)[C@@H](NC(=O)OCc2ccccc2)C(C)C)cc1. The number of carbonyl (C=O) groups excluding carboxylic acids is 4. The van der Waals surface area contributed by atoms with Gasteiger partial charge in [-0.1, -0.05) is 100 Å². The van der Waals surface area contributed by atoms with Crippen molar-refractivity contribution >= 4 is 29.6 Å². The van der Waals surface area contributed by atoms with E-state index in [0.717, 1.165) is 16.7 Å². The third kappa shape index (κ3) is 13.6. The Morgan fingerprint density at radius 1 is 0.702 bits per heavy atom. The van der Waals surface area contributed by atoms with E-state index in [4.69, 9.17) is 9.47 Å². The first-order valence-corrected chi connectivity index (χ1v) is 18.9. The normalized spacial score (nSPS) is 13.8. The minimum Gasteiger partial charge on any atom is -0.497 e. The number of rotatable bonds is 19. The zero-order chi connectivity index (χ0) is 41.5. The number of aromatic nitrogens is 1. The molecule has 4 amide bonds. The highest BCUT2D eigenvalue weighted by molar-refractivity contribution is 5.97. The molecule has 0 fully saturated rings. The average Bonchev–Trinajstić information content (AvgIpc) is 3.18. The number of pyridine rings is 1. The molecule has 0 bridgehead atoms. The van der Waals surface area contributed by atoms with Crippen LogP contribution in [-0.2, 0) is 38.7 Å². The van der Waals surface area contributed by atoms with Crippen LogP contribution in [-0.4, -0.2) is 71.3 Å². The molecule has 0 aliphatic carbocycles. The molecule has 0 aliphatic heterocycles. The fourth-order valence-electron chi connectivity index (χ4n) is 6.13. The van der Waals surface area contributed by atoms with Gasteiger partial charge in [-0.15, -0.1) is 0 Å². The molecule has 7 N–H and O–H groups in total. The summed E-state index contributed by atoms with van der Waals surface area (Å²) in [5.74, 6) is -1.88. The summed E-state index contributed by atoms with van der Waals surface area (Å²) >= 11 is 0. The van der Waals surface area contributed by atoms with E-state index in [1.807, 2.05) is 60.7 Å². The Morgan fingerprint density at radius 3 is 1.86 bits per heavy atom. The highest BCUT2D eigenvalue weighted by Crippen LogP contribution is 2.16. The number of aryl methyl sites for hydroxylation is 1. The molecule has 304 valence electrons. The molecule has 0 radical (unpaired) electrons. The molecular weight excluding hydrogens is 729 g/mol. The summed E-state index contributed by atoms with van der Waals surface area (Å²) < 4.78 is 10.7. The lowest BCUT2D eigenvalue weighted by Crippen LogP contribution is -2.63. The molecule has 57 heavy (non-hydrogen) atoms. The number of aromatic amines is 1. The van der Waals surface area contributed by atoms with Gasteiger partial charge in [-0.3, -0.25) is 24.5 Å². The highest BCUT2D eigenvalue weighted by Gasteiger charge is 2.38. The Balaban J connectivity index is 1.61. The number of aliphatic hydroxyl groups excluding tert-OH is 1. The molecule has 14 heteroatoms. The van der Waals surface area contributed by atoms with Crippen molar-refractivity contribution < 1.29 is 33.8 Å². The first kappa shape index (κ1) is 43.7. The van der Waals surface area contributed by atoms with Crippen molar-refractivity contribution in [1.29, 1.82) is 0 Å². The van der Waals surface area contributed by atoms with Crippen LogP contribution in [0, 0.1) is 18.8 Å². The van der Waals surface area contributed by atoms with Crippen LogP contribution in [0.2, 0.25) is 0 Å². The van der Waals surface area contributed by atoms with Gasteiger partial charge in [0.15, 0.2) is 5.43 Å². The molecule has 14 nitrogen and oxygen atoms in total. The van der Waals surface area contributed by atoms with Gasteiger partial charge in [-0.25, -0.2) is 4.79 Å². The van der Waals surface area contributed by atoms with Crippen molar-refractivity contribution in [2.45, 2.75) is 84.5 Å². The Bertz CT molecular complexity index is 1970. The second kappa shape index (κ2) is 21.3. The van der Waals surface area contributed by atoms with Crippen molar-refractivity contribution in [1.82, 2.24) is 26.3 Å². The second-order valence-corrected chi connectivity index (χ2v) is 14.6. The molecule has 0 saturated heterocycles. The number of nitrogens with one attached hydrogen (secondary N) is 6. The lowest BCUT2D eigenvalue weighted by molar-refractivity contribution is -0.132. The summed E-state index contributed by atoms with van der Waals surface area (Å²) in [6, 6.07) is 23.5. The number of H-pyrrole nitrogens is 1. The smallest absolute Gasteiger partial charge is 0.408 e. The highest BCUT2D eigenvalue weighted by atomic mass is 16.5.